The first-order valence-electron chi connectivity index (χ1n) is 3.57. The molecule has 0 atom stereocenters. The lowest BCUT2D eigenvalue weighted by Crippen LogP contribution is -2.00. The third-order valence-electron chi connectivity index (χ3n) is 1.61. The van der Waals surface area contributed by atoms with Crippen LogP contribution in [0.2, 0.25) is 0 Å². The van der Waals surface area contributed by atoms with E-state index in [9.17, 15) is 13.6 Å². The van der Waals surface area contributed by atoms with Crippen molar-refractivity contribution in [3.63, 3.8) is 0 Å². The number of ether oxygens (including phenoxy) is 1. The minimum Gasteiger partial charge on any atom is -0.493 e. The average Bonchev–Trinajstić information content (AvgIpc) is 2.17. The van der Waals surface area contributed by atoms with Crippen LogP contribution in [-0.2, 0) is 0 Å². The summed E-state index contributed by atoms with van der Waals surface area (Å²) in [7, 11) is 1.24. The van der Waals surface area contributed by atoms with Crippen molar-refractivity contribution in [2.24, 2.45) is 0 Å². The van der Waals surface area contributed by atoms with Gasteiger partial charge in [-0.2, -0.15) is 0 Å². The Kier molecular flexibility index (Phi) is 3.51. The van der Waals surface area contributed by atoms with Crippen molar-refractivity contribution < 1.29 is 18.3 Å². The highest BCUT2D eigenvalue weighted by atomic mass is 79.9. The largest absolute Gasteiger partial charge is 0.493 e. The van der Waals surface area contributed by atoms with Gasteiger partial charge in [0, 0.05) is 11.8 Å². The Morgan fingerprint density at radius 3 is 2.71 bits per heavy atom. The predicted molar refractivity (Wildman–Crippen MR) is 48.8 cm³/mol. The van der Waals surface area contributed by atoms with Gasteiger partial charge in [-0.05, 0) is 15.9 Å². The third-order valence-corrected chi connectivity index (χ3v) is 2.17. The number of aldehydes is 1. The van der Waals surface area contributed by atoms with E-state index in [0.29, 0.717) is 6.29 Å². The molecule has 76 valence electrons. The SMILES string of the molecule is COc1c(Br)ncc(C=O)c1C(F)F. The summed E-state index contributed by atoms with van der Waals surface area (Å²) in [5.41, 5.74) is -0.607. The minimum absolute atomic E-state index is 0.107. The summed E-state index contributed by atoms with van der Waals surface area (Å²) in [6, 6.07) is 0. The first-order valence-corrected chi connectivity index (χ1v) is 4.36. The molecule has 0 spiro atoms. The molecule has 1 rings (SSSR count). The molecule has 0 bridgehead atoms. The molecule has 0 saturated heterocycles. The zero-order valence-corrected chi connectivity index (χ0v) is 8.72. The van der Waals surface area contributed by atoms with Crippen LogP contribution in [0.5, 0.6) is 5.75 Å². The van der Waals surface area contributed by atoms with Crippen LogP contribution in [-0.4, -0.2) is 18.4 Å². The first-order chi connectivity index (χ1) is 6.61. The molecule has 0 aliphatic carbocycles. The van der Waals surface area contributed by atoms with E-state index in [1.165, 1.54) is 7.11 Å². The fourth-order valence-corrected chi connectivity index (χ4v) is 1.49. The van der Waals surface area contributed by atoms with E-state index in [1.807, 2.05) is 0 Å². The normalized spacial score (nSPS) is 10.4. The molecule has 1 aromatic heterocycles. The van der Waals surface area contributed by atoms with Crippen molar-refractivity contribution in [3.8, 4) is 5.75 Å². The topological polar surface area (TPSA) is 39.2 Å². The monoisotopic (exact) mass is 265 g/mol. The molecule has 0 aliphatic rings. The summed E-state index contributed by atoms with van der Waals surface area (Å²) in [5, 5.41) is 0. The average molecular weight is 266 g/mol. The van der Waals surface area contributed by atoms with Crippen LogP contribution in [0.15, 0.2) is 10.8 Å². The number of methoxy groups -OCH3 is 1. The van der Waals surface area contributed by atoms with E-state index in [-0.39, 0.29) is 15.9 Å². The highest BCUT2D eigenvalue weighted by Crippen LogP contribution is 2.35. The molecule has 0 unspecified atom stereocenters. The van der Waals surface area contributed by atoms with Gasteiger partial charge in [-0.25, -0.2) is 13.8 Å². The summed E-state index contributed by atoms with van der Waals surface area (Å²) in [6.45, 7) is 0. The van der Waals surface area contributed by atoms with Gasteiger partial charge >= 0.3 is 0 Å². The Bertz CT molecular complexity index is 357. The van der Waals surface area contributed by atoms with E-state index < -0.39 is 12.0 Å². The quantitative estimate of drug-likeness (QED) is 0.623. The number of halogens is 3. The molecule has 1 heterocycles. The molecule has 14 heavy (non-hydrogen) atoms. The standard InChI is InChI=1S/C8H6BrF2NO2/c1-14-6-5(8(10)11)4(3-13)2-12-7(6)9/h2-3,8H,1H3. The number of alkyl halides is 2. The lowest BCUT2D eigenvalue weighted by molar-refractivity contribution is 0.110. The third kappa shape index (κ3) is 1.89. The second kappa shape index (κ2) is 4.45. The van der Waals surface area contributed by atoms with Crippen LogP contribution in [0.3, 0.4) is 0 Å². The molecule has 0 amide bonds. The molecule has 0 radical (unpaired) electrons. The number of hydrogen-bond donors (Lipinski definition) is 0. The molecule has 0 aliphatic heterocycles. The number of aromatic nitrogens is 1. The van der Waals surface area contributed by atoms with E-state index in [2.05, 4.69) is 20.9 Å². The fourth-order valence-electron chi connectivity index (χ4n) is 1.01. The molecule has 1 aromatic rings. The van der Waals surface area contributed by atoms with Gasteiger partial charge in [0.1, 0.15) is 4.60 Å². The van der Waals surface area contributed by atoms with Gasteiger partial charge in [-0.15, -0.1) is 0 Å². The highest BCUT2D eigenvalue weighted by molar-refractivity contribution is 9.10. The smallest absolute Gasteiger partial charge is 0.268 e. The van der Waals surface area contributed by atoms with Gasteiger partial charge in [-0.1, -0.05) is 0 Å². The summed E-state index contributed by atoms with van der Waals surface area (Å²) < 4.78 is 30.0. The van der Waals surface area contributed by atoms with Crippen molar-refractivity contribution in [2.45, 2.75) is 6.43 Å². The number of hydrogen-bond acceptors (Lipinski definition) is 3. The maximum Gasteiger partial charge on any atom is 0.268 e. The first kappa shape index (κ1) is 11.0. The van der Waals surface area contributed by atoms with Gasteiger partial charge < -0.3 is 4.74 Å². The summed E-state index contributed by atoms with van der Waals surface area (Å²) in [5.74, 6) is -0.107. The van der Waals surface area contributed by atoms with Gasteiger partial charge in [0.25, 0.3) is 6.43 Å². The summed E-state index contributed by atoms with van der Waals surface area (Å²) in [4.78, 5) is 14.2. The van der Waals surface area contributed by atoms with Crippen molar-refractivity contribution in [1.82, 2.24) is 4.98 Å². The van der Waals surface area contributed by atoms with E-state index >= 15 is 0 Å². The molecule has 0 fully saturated rings. The van der Waals surface area contributed by atoms with Gasteiger partial charge in [-0.3, -0.25) is 4.79 Å². The van der Waals surface area contributed by atoms with Crippen LogP contribution >= 0.6 is 15.9 Å². The molecule has 0 saturated carbocycles. The fraction of sp³-hybridized carbons (Fsp3) is 0.250. The van der Waals surface area contributed by atoms with Gasteiger partial charge in [0.15, 0.2) is 12.0 Å². The zero-order valence-electron chi connectivity index (χ0n) is 7.13. The molecule has 0 N–H and O–H groups in total. The number of pyridine rings is 1. The maximum absolute atomic E-state index is 12.6. The molecular formula is C8H6BrF2NO2. The molecule has 3 nitrogen and oxygen atoms in total. The number of carbonyl (C=O) groups is 1. The Balaban J connectivity index is 3.43. The summed E-state index contributed by atoms with van der Waals surface area (Å²) in [6.07, 6.45) is -1.38. The van der Waals surface area contributed by atoms with Crippen LogP contribution in [0.1, 0.15) is 22.3 Å². The molecule has 6 heteroatoms. The van der Waals surface area contributed by atoms with Crippen LogP contribution in [0.25, 0.3) is 0 Å². The minimum atomic E-state index is -2.77. The Labute approximate surface area is 87.2 Å². The predicted octanol–water partition coefficient (Wildman–Crippen LogP) is 2.60. The second-order valence-electron chi connectivity index (χ2n) is 2.37. The van der Waals surface area contributed by atoms with Crippen molar-refractivity contribution >= 4 is 22.2 Å². The van der Waals surface area contributed by atoms with Crippen molar-refractivity contribution in [3.05, 3.63) is 21.9 Å². The summed E-state index contributed by atoms with van der Waals surface area (Å²) >= 11 is 2.95. The van der Waals surface area contributed by atoms with E-state index in [1.54, 1.807) is 0 Å². The number of nitrogens with zero attached hydrogens (tertiary/aromatic N) is 1. The van der Waals surface area contributed by atoms with Gasteiger partial charge in [0.05, 0.1) is 12.7 Å². The van der Waals surface area contributed by atoms with Gasteiger partial charge in [0.2, 0.25) is 0 Å². The lowest BCUT2D eigenvalue weighted by Gasteiger charge is -2.10. The van der Waals surface area contributed by atoms with Crippen molar-refractivity contribution in [1.29, 1.82) is 0 Å². The second-order valence-corrected chi connectivity index (χ2v) is 3.12. The zero-order chi connectivity index (χ0) is 10.7. The Morgan fingerprint density at radius 2 is 2.29 bits per heavy atom. The van der Waals surface area contributed by atoms with Crippen LogP contribution in [0.4, 0.5) is 8.78 Å². The molecule has 0 aromatic carbocycles. The number of carbonyl (C=O) groups excluding carboxylic acids is 1. The maximum atomic E-state index is 12.6. The lowest BCUT2D eigenvalue weighted by atomic mass is 10.1. The number of rotatable bonds is 3. The Morgan fingerprint density at radius 1 is 1.64 bits per heavy atom. The van der Waals surface area contributed by atoms with E-state index in [0.717, 1.165) is 6.20 Å². The molecular weight excluding hydrogens is 260 g/mol. The van der Waals surface area contributed by atoms with Crippen LogP contribution in [0, 0.1) is 0 Å². The van der Waals surface area contributed by atoms with E-state index in [4.69, 9.17) is 4.74 Å². The Hall–Kier alpha value is -1.04. The van der Waals surface area contributed by atoms with Crippen LogP contribution < -0.4 is 4.74 Å². The van der Waals surface area contributed by atoms with Crippen molar-refractivity contribution in [2.75, 3.05) is 7.11 Å². The highest BCUT2D eigenvalue weighted by Gasteiger charge is 2.21.